The zero-order chi connectivity index (χ0) is 17.7. The van der Waals surface area contributed by atoms with Gasteiger partial charge in [-0.2, -0.15) is 0 Å². The van der Waals surface area contributed by atoms with Crippen molar-refractivity contribution < 1.29 is 19.4 Å². The van der Waals surface area contributed by atoms with E-state index in [-0.39, 0.29) is 23.5 Å². The number of rotatable bonds is 4. The highest BCUT2D eigenvalue weighted by Crippen LogP contribution is 2.18. The van der Waals surface area contributed by atoms with E-state index >= 15 is 0 Å². The van der Waals surface area contributed by atoms with Crippen molar-refractivity contribution in [3.63, 3.8) is 0 Å². The van der Waals surface area contributed by atoms with Crippen LogP contribution in [-0.2, 0) is 9.59 Å². The van der Waals surface area contributed by atoms with Crippen LogP contribution >= 0.6 is 0 Å². The number of carbonyl (C=O) groups is 2. The van der Waals surface area contributed by atoms with Crippen LogP contribution in [0.5, 0.6) is 11.5 Å². The van der Waals surface area contributed by atoms with Crippen LogP contribution in [0.15, 0.2) is 24.3 Å². The fourth-order valence-electron chi connectivity index (χ4n) is 2.76. The minimum Gasteiger partial charge on any atom is -0.508 e. The topological polar surface area (TPSA) is 70.1 Å². The Labute approximate surface area is 143 Å². The van der Waals surface area contributed by atoms with Gasteiger partial charge in [0, 0.05) is 32.1 Å². The number of amides is 2. The fraction of sp³-hybridized carbons (Fsp3) is 0.556. The van der Waals surface area contributed by atoms with Crippen LogP contribution in [-0.4, -0.2) is 59.0 Å². The van der Waals surface area contributed by atoms with Crippen molar-refractivity contribution in [1.82, 2.24) is 9.80 Å². The van der Waals surface area contributed by atoms with E-state index < -0.39 is 6.10 Å². The van der Waals surface area contributed by atoms with Crippen molar-refractivity contribution in [2.24, 2.45) is 5.92 Å². The molecule has 0 spiro atoms. The molecule has 1 aromatic carbocycles. The zero-order valence-corrected chi connectivity index (χ0v) is 14.6. The van der Waals surface area contributed by atoms with Crippen LogP contribution in [0, 0.1) is 5.92 Å². The van der Waals surface area contributed by atoms with Gasteiger partial charge in [-0.05, 0) is 37.6 Å². The highest BCUT2D eigenvalue weighted by molar-refractivity contribution is 5.81. The Morgan fingerprint density at radius 1 is 0.958 bits per heavy atom. The van der Waals surface area contributed by atoms with Crippen LogP contribution in [0.4, 0.5) is 0 Å². The summed E-state index contributed by atoms with van der Waals surface area (Å²) in [5.41, 5.74) is 0. The molecule has 1 N–H and O–H groups in total. The standard InChI is InChI=1S/C18H26N2O4/c1-13(2)17(22)19-9-4-10-20(12-11-19)18(23)14(3)24-16-7-5-15(21)6-8-16/h5-8,13-14,21H,4,9-12H2,1-3H3. The van der Waals surface area contributed by atoms with Gasteiger partial charge in [-0.3, -0.25) is 9.59 Å². The number of benzene rings is 1. The van der Waals surface area contributed by atoms with Crippen LogP contribution < -0.4 is 4.74 Å². The molecule has 0 radical (unpaired) electrons. The van der Waals surface area contributed by atoms with E-state index in [1.54, 1.807) is 24.0 Å². The van der Waals surface area contributed by atoms with E-state index in [2.05, 4.69) is 0 Å². The lowest BCUT2D eigenvalue weighted by molar-refractivity contribution is -0.139. The molecule has 1 aromatic rings. The summed E-state index contributed by atoms with van der Waals surface area (Å²) in [5, 5.41) is 9.28. The molecule has 0 aliphatic carbocycles. The molecule has 1 fully saturated rings. The van der Waals surface area contributed by atoms with E-state index in [1.807, 2.05) is 18.7 Å². The SMILES string of the molecule is CC(C)C(=O)N1CCCN(C(=O)C(C)Oc2ccc(O)cc2)CC1. The normalized spacial score (nSPS) is 16.7. The fourth-order valence-corrected chi connectivity index (χ4v) is 2.76. The summed E-state index contributed by atoms with van der Waals surface area (Å²) in [6, 6.07) is 6.30. The molecule has 24 heavy (non-hydrogen) atoms. The Hall–Kier alpha value is -2.24. The van der Waals surface area contributed by atoms with Gasteiger partial charge in [0.1, 0.15) is 11.5 Å². The lowest BCUT2D eigenvalue weighted by atomic mass is 10.2. The maximum atomic E-state index is 12.6. The predicted octanol–water partition coefficient (Wildman–Crippen LogP) is 1.88. The lowest BCUT2D eigenvalue weighted by Crippen LogP contribution is -2.43. The Morgan fingerprint density at radius 3 is 2.04 bits per heavy atom. The Morgan fingerprint density at radius 2 is 1.50 bits per heavy atom. The molecular formula is C18H26N2O4. The number of phenolic OH excluding ortho intramolecular Hbond substituents is 1. The summed E-state index contributed by atoms with van der Waals surface area (Å²) in [6.07, 6.45) is 0.165. The molecule has 1 aliphatic rings. The second-order valence-electron chi connectivity index (χ2n) is 6.41. The van der Waals surface area contributed by atoms with Gasteiger partial charge in [-0.15, -0.1) is 0 Å². The van der Waals surface area contributed by atoms with Gasteiger partial charge in [0.2, 0.25) is 5.91 Å². The molecule has 1 unspecified atom stereocenters. The largest absolute Gasteiger partial charge is 0.508 e. The summed E-state index contributed by atoms with van der Waals surface area (Å²) in [6.45, 7) is 7.91. The first-order chi connectivity index (χ1) is 11.4. The van der Waals surface area contributed by atoms with Gasteiger partial charge >= 0.3 is 0 Å². The van der Waals surface area contributed by atoms with Gasteiger partial charge in [-0.1, -0.05) is 13.8 Å². The second-order valence-corrected chi connectivity index (χ2v) is 6.41. The highest BCUT2D eigenvalue weighted by Gasteiger charge is 2.26. The number of aromatic hydroxyl groups is 1. The molecule has 1 atom stereocenters. The molecule has 1 saturated heterocycles. The van der Waals surface area contributed by atoms with E-state index in [0.29, 0.717) is 31.9 Å². The monoisotopic (exact) mass is 334 g/mol. The van der Waals surface area contributed by atoms with Crippen molar-refractivity contribution in [1.29, 1.82) is 0 Å². The maximum absolute atomic E-state index is 12.6. The summed E-state index contributed by atoms with van der Waals surface area (Å²) in [4.78, 5) is 28.3. The van der Waals surface area contributed by atoms with Gasteiger partial charge in [-0.25, -0.2) is 0 Å². The Bertz CT molecular complexity index is 571. The molecular weight excluding hydrogens is 308 g/mol. The average Bonchev–Trinajstić information content (AvgIpc) is 2.81. The second kappa shape index (κ2) is 8.04. The first-order valence-electron chi connectivity index (χ1n) is 8.41. The predicted molar refractivity (Wildman–Crippen MR) is 90.8 cm³/mol. The summed E-state index contributed by atoms with van der Waals surface area (Å²) >= 11 is 0. The van der Waals surface area contributed by atoms with E-state index in [9.17, 15) is 14.7 Å². The Balaban J connectivity index is 1.92. The highest BCUT2D eigenvalue weighted by atomic mass is 16.5. The smallest absolute Gasteiger partial charge is 0.263 e. The zero-order valence-electron chi connectivity index (χ0n) is 14.6. The van der Waals surface area contributed by atoms with E-state index in [0.717, 1.165) is 6.42 Å². The molecule has 132 valence electrons. The van der Waals surface area contributed by atoms with Crippen LogP contribution in [0.3, 0.4) is 0 Å². The number of hydrogen-bond donors (Lipinski definition) is 1. The third-order valence-corrected chi connectivity index (χ3v) is 4.11. The van der Waals surface area contributed by atoms with E-state index in [1.165, 1.54) is 12.1 Å². The average molecular weight is 334 g/mol. The van der Waals surface area contributed by atoms with Gasteiger partial charge in [0.05, 0.1) is 0 Å². The van der Waals surface area contributed by atoms with Crippen molar-refractivity contribution in [3.8, 4) is 11.5 Å². The molecule has 0 bridgehead atoms. The first-order valence-corrected chi connectivity index (χ1v) is 8.41. The number of carbonyl (C=O) groups excluding carboxylic acids is 2. The molecule has 6 nitrogen and oxygen atoms in total. The molecule has 1 aliphatic heterocycles. The molecule has 0 saturated carbocycles. The number of ether oxygens (including phenoxy) is 1. The number of hydrogen-bond acceptors (Lipinski definition) is 4. The van der Waals surface area contributed by atoms with Crippen molar-refractivity contribution >= 4 is 11.8 Å². The van der Waals surface area contributed by atoms with Gasteiger partial charge < -0.3 is 19.6 Å². The Kier molecular flexibility index (Phi) is 6.06. The molecule has 0 aromatic heterocycles. The van der Waals surface area contributed by atoms with Gasteiger partial charge in [0.25, 0.3) is 5.91 Å². The van der Waals surface area contributed by atoms with Crippen molar-refractivity contribution in [2.45, 2.75) is 33.3 Å². The summed E-state index contributed by atoms with van der Waals surface area (Å²) in [5.74, 6) is 0.729. The number of phenols is 1. The molecule has 1 heterocycles. The minimum atomic E-state index is -0.609. The third kappa shape index (κ3) is 4.63. The molecule has 2 amide bonds. The summed E-state index contributed by atoms with van der Waals surface area (Å²) < 4.78 is 5.65. The van der Waals surface area contributed by atoms with Crippen LogP contribution in [0.25, 0.3) is 0 Å². The maximum Gasteiger partial charge on any atom is 0.263 e. The van der Waals surface area contributed by atoms with Crippen molar-refractivity contribution in [3.05, 3.63) is 24.3 Å². The van der Waals surface area contributed by atoms with E-state index in [4.69, 9.17) is 4.74 Å². The first kappa shape index (κ1) is 18.1. The summed E-state index contributed by atoms with van der Waals surface area (Å²) in [7, 11) is 0. The number of nitrogens with zero attached hydrogens (tertiary/aromatic N) is 2. The van der Waals surface area contributed by atoms with Crippen molar-refractivity contribution in [2.75, 3.05) is 26.2 Å². The van der Waals surface area contributed by atoms with Crippen LogP contribution in [0.1, 0.15) is 27.2 Å². The lowest BCUT2D eigenvalue weighted by Gasteiger charge is -2.25. The third-order valence-electron chi connectivity index (χ3n) is 4.11. The quantitative estimate of drug-likeness (QED) is 0.913. The minimum absolute atomic E-state index is 0.0241. The molecule has 6 heteroatoms. The van der Waals surface area contributed by atoms with Gasteiger partial charge in [0.15, 0.2) is 6.10 Å². The van der Waals surface area contributed by atoms with Crippen LogP contribution in [0.2, 0.25) is 0 Å². The molecule has 2 rings (SSSR count).